The number of fused-ring (bicyclic) bond motifs is 1. The van der Waals surface area contributed by atoms with Gasteiger partial charge in [-0.25, -0.2) is 4.39 Å². The molecule has 0 aliphatic carbocycles. The zero-order chi connectivity index (χ0) is 15.6. The van der Waals surface area contributed by atoms with Crippen molar-refractivity contribution in [1.82, 2.24) is 4.57 Å². The van der Waals surface area contributed by atoms with E-state index in [2.05, 4.69) is 15.9 Å². The summed E-state index contributed by atoms with van der Waals surface area (Å²) >= 11 is 3.22. The molecular formula is C14H12BrF4NO. The molecule has 0 amide bonds. The number of alkyl halides is 4. The summed E-state index contributed by atoms with van der Waals surface area (Å²) in [5, 5.41) is 0.642. The Kier molecular flexibility index (Phi) is 4.70. The average Bonchev–Trinajstić information content (AvgIpc) is 2.40. The first kappa shape index (κ1) is 16.0. The molecule has 1 heterocycles. The van der Waals surface area contributed by atoms with Crippen molar-refractivity contribution < 1.29 is 17.6 Å². The van der Waals surface area contributed by atoms with Crippen LogP contribution in [0.25, 0.3) is 10.9 Å². The summed E-state index contributed by atoms with van der Waals surface area (Å²) < 4.78 is 53.6. The van der Waals surface area contributed by atoms with Crippen LogP contribution in [-0.4, -0.2) is 9.90 Å². The van der Waals surface area contributed by atoms with E-state index in [1.807, 2.05) is 0 Å². The second kappa shape index (κ2) is 6.17. The number of aryl methyl sites for hydroxylation is 1. The van der Waals surface area contributed by atoms with Gasteiger partial charge in [-0.05, 0) is 31.0 Å². The highest BCUT2D eigenvalue weighted by atomic mass is 79.9. The molecule has 7 heteroatoms. The van der Waals surface area contributed by atoms with Gasteiger partial charge in [-0.2, -0.15) is 13.2 Å². The monoisotopic (exact) mass is 365 g/mol. The van der Waals surface area contributed by atoms with Crippen LogP contribution in [0, 0.1) is 5.82 Å². The number of halogens is 5. The molecule has 0 spiro atoms. The van der Waals surface area contributed by atoms with Crippen molar-refractivity contribution >= 4 is 26.8 Å². The molecule has 0 fully saturated rings. The molecule has 0 radical (unpaired) electrons. The van der Waals surface area contributed by atoms with Crippen molar-refractivity contribution in [2.75, 3.05) is 5.33 Å². The lowest BCUT2D eigenvalue weighted by molar-refractivity contribution is -0.143. The van der Waals surface area contributed by atoms with Crippen LogP contribution in [0.2, 0.25) is 0 Å². The Bertz CT molecular complexity index is 708. The summed E-state index contributed by atoms with van der Waals surface area (Å²) in [5.41, 5.74) is -1.72. The molecule has 0 aliphatic heterocycles. The molecule has 0 saturated carbocycles. The second-order valence-electron chi connectivity index (χ2n) is 4.60. The fourth-order valence-corrected chi connectivity index (χ4v) is 2.59. The van der Waals surface area contributed by atoms with E-state index in [0.29, 0.717) is 24.2 Å². The van der Waals surface area contributed by atoms with E-state index in [9.17, 15) is 22.4 Å². The predicted molar refractivity (Wildman–Crippen MR) is 76.2 cm³/mol. The van der Waals surface area contributed by atoms with Gasteiger partial charge in [0.15, 0.2) is 5.43 Å². The van der Waals surface area contributed by atoms with Crippen molar-refractivity contribution in [3.63, 3.8) is 0 Å². The third kappa shape index (κ3) is 3.45. The average molecular weight is 366 g/mol. The van der Waals surface area contributed by atoms with E-state index in [-0.39, 0.29) is 17.4 Å². The standard InChI is InChI=1S/C14H12BrF4NO/c15-5-1-2-6-20-11-4-3-9(16)7-10(11)12(21)8-13(20)14(17,18)19/h3-4,7-8H,1-2,5-6H2. The molecule has 0 N–H and O–H groups in total. The Hall–Kier alpha value is -1.37. The molecule has 21 heavy (non-hydrogen) atoms. The summed E-state index contributed by atoms with van der Waals surface area (Å²) in [6, 6.07) is 3.78. The normalized spacial score (nSPS) is 12.0. The Labute approximate surface area is 126 Å². The zero-order valence-corrected chi connectivity index (χ0v) is 12.5. The van der Waals surface area contributed by atoms with Crippen molar-refractivity contribution in [1.29, 1.82) is 0 Å². The lowest BCUT2D eigenvalue weighted by Gasteiger charge is -2.18. The molecule has 0 saturated heterocycles. The quantitative estimate of drug-likeness (QED) is 0.449. The van der Waals surface area contributed by atoms with E-state index < -0.39 is 23.1 Å². The number of hydrogen-bond donors (Lipinski definition) is 0. The molecular weight excluding hydrogens is 354 g/mol. The van der Waals surface area contributed by atoms with Crippen LogP contribution in [-0.2, 0) is 12.7 Å². The molecule has 1 aromatic heterocycles. The maximum atomic E-state index is 13.2. The van der Waals surface area contributed by atoms with E-state index in [1.54, 1.807) is 0 Å². The molecule has 2 nitrogen and oxygen atoms in total. The van der Waals surface area contributed by atoms with Crippen LogP contribution < -0.4 is 5.43 Å². The Morgan fingerprint density at radius 3 is 2.48 bits per heavy atom. The first-order chi connectivity index (χ1) is 9.84. The third-order valence-corrected chi connectivity index (χ3v) is 3.69. The Morgan fingerprint density at radius 1 is 1.14 bits per heavy atom. The molecule has 0 aliphatic rings. The topological polar surface area (TPSA) is 22.0 Å². The molecule has 1 aromatic carbocycles. The molecule has 2 aromatic rings. The third-order valence-electron chi connectivity index (χ3n) is 3.13. The predicted octanol–water partition coefficient (Wildman–Crippen LogP) is 4.33. The van der Waals surface area contributed by atoms with Crippen LogP contribution in [0.3, 0.4) is 0 Å². The van der Waals surface area contributed by atoms with Gasteiger partial charge in [0.1, 0.15) is 11.5 Å². The number of hydrogen-bond acceptors (Lipinski definition) is 1. The summed E-state index contributed by atoms with van der Waals surface area (Å²) in [4.78, 5) is 11.8. The van der Waals surface area contributed by atoms with Gasteiger partial charge in [0.2, 0.25) is 0 Å². The number of nitrogens with zero attached hydrogens (tertiary/aromatic N) is 1. The smallest absolute Gasteiger partial charge is 0.337 e. The molecule has 0 atom stereocenters. The van der Waals surface area contributed by atoms with Crippen LogP contribution >= 0.6 is 15.9 Å². The molecule has 0 bridgehead atoms. The van der Waals surface area contributed by atoms with Gasteiger partial charge in [-0.3, -0.25) is 4.79 Å². The van der Waals surface area contributed by atoms with Gasteiger partial charge in [0.05, 0.1) is 5.52 Å². The minimum Gasteiger partial charge on any atom is -0.337 e. The molecule has 2 rings (SSSR count). The Balaban J connectivity index is 2.68. The van der Waals surface area contributed by atoms with Crippen molar-refractivity contribution in [3.8, 4) is 0 Å². The SMILES string of the molecule is O=c1cc(C(F)(F)F)n(CCCCBr)c2ccc(F)cc12. The van der Waals surface area contributed by atoms with Gasteiger partial charge in [-0.1, -0.05) is 15.9 Å². The van der Waals surface area contributed by atoms with E-state index in [0.717, 1.165) is 16.7 Å². The van der Waals surface area contributed by atoms with Gasteiger partial charge in [-0.15, -0.1) is 0 Å². The van der Waals surface area contributed by atoms with Crippen LogP contribution in [0.5, 0.6) is 0 Å². The fraction of sp³-hybridized carbons (Fsp3) is 0.357. The first-order valence-electron chi connectivity index (χ1n) is 6.31. The lowest BCUT2D eigenvalue weighted by atomic mass is 10.1. The van der Waals surface area contributed by atoms with Gasteiger partial charge in [0.25, 0.3) is 0 Å². The van der Waals surface area contributed by atoms with Crippen molar-refractivity contribution in [2.45, 2.75) is 25.6 Å². The zero-order valence-electron chi connectivity index (χ0n) is 10.9. The summed E-state index contributed by atoms with van der Waals surface area (Å²) in [6.07, 6.45) is -3.41. The van der Waals surface area contributed by atoms with Crippen LogP contribution in [0.15, 0.2) is 29.1 Å². The highest BCUT2D eigenvalue weighted by Crippen LogP contribution is 2.30. The number of aromatic nitrogens is 1. The molecule has 114 valence electrons. The van der Waals surface area contributed by atoms with E-state index >= 15 is 0 Å². The second-order valence-corrected chi connectivity index (χ2v) is 5.39. The van der Waals surface area contributed by atoms with E-state index in [4.69, 9.17) is 0 Å². The van der Waals surface area contributed by atoms with Gasteiger partial charge >= 0.3 is 6.18 Å². The van der Waals surface area contributed by atoms with Gasteiger partial charge in [0, 0.05) is 23.3 Å². The maximum absolute atomic E-state index is 13.2. The molecule has 0 unspecified atom stereocenters. The van der Waals surface area contributed by atoms with Crippen molar-refractivity contribution in [2.24, 2.45) is 0 Å². The maximum Gasteiger partial charge on any atom is 0.431 e. The van der Waals surface area contributed by atoms with Gasteiger partial charge < -0.3 is 4.57 Å². The van der Waals surface area contributed by atoms with E-state index in [1.165, 1.54) is 6.07 Å². The summed E-state index contributed by atoms with van der Waals surface area (Å²) in [7, 11) is 0. The first-order valence-corrected chi connectivity index (χ1v) is 7.43. The lowest BCUT2D eigenvalue weighted by Crippen LogP contribution is -2.21. The van der Waals surface area contributed by atoms with Crippen LogP contribution in [0.1, 0.15) is 18.5 Å². The largest absolute Gasteiger partial charge is 0.431 e. The minimum absolute atomic E-state index is 0.0400. The van der Waals surface area contributed by atoms with Crippen LogP contribution in [0.4, 0.5) is 17.6 Å². The number of unbranched alkanes of at least 4 members (excludes halogenated alkanes) is 1. The highest BCUT2D eigenvalue weighted by Gasteiger charge is 2.34. The number of pyridine rings is 1. The number of rotatable bonds is 4. The van der Waals surface area contributed by atoms with Crippen molar-refractivity contribution in [3.05, 3.63) is 46.0 Å². The highest BCUT2D eigenvalue weighted by molar-refractivity contribution is 9.09. The summed E-state index contributed by atoms with van der Waals surface area (Å²) in [6.45, 7) is 0.114. The number of benzene rings is 1. The fourth-order valence-electron chi connectivity index (χ4n) is 2.19. The Morgan fingerprint density at radius 2 is 1.86 bits per heavy atom. The summed E-state index contributed by atoms with van der Waals surface area (Å²) in [5.74, 6) is -0.647. The minimum atomic E-state index is -4.63.